The van der Waals surface area contributed by atoms with Gasteiger partial charge in [0.05, 0.1) is 0 Å². The molecule has 114 valence electrons. The minimum absolute atomic E-state index is 0.0319. The lowest BCUT2D eigenvalue weighted by atomic mass is 9.93. The third-order valence-electron chi connectivity index (χ3n) is 3.89. The Morgan fingerprint density at radius 1 is 1.11 bits per heavy atom. The van der Waals surface area contributed by atoms with E-state index in [9.17, 15) is 4.79 Å². The molecule has 0 aromatic rings. The van der Waals surface area contributed by atoms with Crippen LogP contribution >= 0.6 is 0 Å². The summed E-state index contributed by atoms with van der Waals surface area (Å²) in [6.07, 6.45) is 2.31. The fourth-order valence-electron chi connectivity index (χ4n) is 2.44. The van der Waals surface area contributed by atoms with Crippen molar-refractivity contribution in [2.75, 3.05) is 33.7 Å². The summed E-state index contributed by atoms with van der Waals surface area (Å²) >= 11 is 0. The van der Waals surface area contributed by atoms with E-state index < -0.39 is 0 Å². The molecule has 0 heterocycles. The maximum atomic E-state index is 12.0. The molecule has 19 heavy (non-hydrogen) atoms. The van der Waals surface area contributed by atoms with Crippen LogP contribution in [-0.4, -0.2) is 50.6 Å². The van der Waals surface area contributed by atoms with E-state index in [0.29, 0.717) is 12.0 Å². The first-order valence-corrected chi connectivity index (χ1v) is 7.62. The first-order chi connectivity index (χ1) is 8.97. The highest BCUT2D eigenvalue weighted by atomic mass is 16.1. The highest BCUT2D eigenvalue weighted by molar-refractivity contribution is 5.78. The molecular formula is C15H33N3O. The molecule has 0 aromatic carbocycles. The van der Waals surface area contributed by atoms with Gasteiger partial charge in [0.15, 0.2) is 0 Å². The lowest BCUT2D eigenvalue weighted by Gasteiger charge is -2.31. The predicted octanol–water partition coefficient (Wildman–Crippen LogP) is 1.71. The summed E-state index contributed by atoms with van der Waals surface area (Å²) in [7, 11) is 4.19. The molecule has 4 heteroatoms. The van der Waals surface area contributed by atoms with Crippen LogP contribution in [0.1, 0.15) is 40.5 Å². The second-order valence-electron chi connectivity index (χ2n) is 5.56. The van der Waals surface area contributed by atoms with Gasteiger partial charge in [-0.25, -0.2) is 0 Å². The standard InChI is InChI=1S/C15H33N3O/c1-7-13(8-2)14(18(5)6)11-17-15(19)12(4)10-16-9-3/h12-14,16H,7-11H2,1-6H3,(H,17,19). The summed E-state index contributed by atoms with van der Waals surface area (Å²) in [5.74, 6) is 0.822. The maximum Gasteiger partial charge on any atom is 0.224 e. The van der Waals surface area contributed by atoms with Crippen LogP contribution in [0.25, 0.3) is 0 Å². The van der Waals surface area contributed by atoms with Gasteiger partial charge in [-0.3, -0.25) is 4.79 Å². The minimum atomic E-state index is 0.0319. The first-order valence-electron chi connectivity index (χ1n) is 7.62. The highest BCUT2D eigenvalue weighted by Crippen LogP contribution is 2.16. The van der Waals surface area contributed by atoms with Crippen molar-refractivity contribution in [3.05, 3.63) is 0 Å². The maximum absolute atomic E-state index is 12.0. The average Bonchev–Trinajstić information content (AvgIpc) is 2.39. The number of likely N-dealkylation sites (N-methyl/N-ethyl adjacent to an activating group) is 1. The van der Waals surface area contributed by atoms with E-state index in [-0.39, 0.29) is 11.8 Å². The molecule has 0 saturated heterocycles. The van der Waals surface area contributed by atoms with Crippen LogP contribution in [0.4, 0.5) is 0 Å². The molecule has 0 spiro atoms. The van der Waals surface area contributed by atoms with Gasteiger partial charge in [-0.2, -0.15) is 0 Å². The van der Waals surface area contributed by atoms with Gasteiger partial charge in [0.25, 0.3) is 0 Å². The Hall–Kier alpha value is -0.610. The number of hydrogen-bond donors (Lipinski definition) is 2. The number of nitrogens with zero attached hydrogens (tertiary/aromatic N) is 1. The number of amides is 1. The van der Waals surface area contributed by atoms with E-state index >= 15 is 0 Å². The molecule has 1 amide bonds. The van der Waals surface area contributed by atoms with E-state index in [1.165, 1.54) is 0 Å². The summed E-state index contributed by atoms with van der Waals surface area (Å²) in [6.45, 7) is 10.9. The van der Waals surface area contributed by atoms with Crippen molar-refractivity contribution < 1.29 is 4.79 Å². The Balaban J connectivity index is 4.27. The molecule has 0 radical (unpaired) electrons. The summed E-state index contributed by atoms with van der Waals surface area (Å²) in [6, 6.07) is 0.422. The third kappa shape index (κ3) is 6.92. The van der Waals surface area contributed by atoms with Gasteiger partial charge in [-0.1, -0.05) is 40.5 Å². The summed E-state index contributed by atoms with van der Waals surface area (Å²) in [5.41, 5.74) is 0. The largest absolute Gasteiger partial charge is 0.354 e. The SMILES string of the molecule is CCNCC(C)C(=O)NCC(C(CC)CC)N(C)C. The van der Waals surface area contributed by atoms with Crippen molar-refractivity contribution in [3.8, 4) is 0 Å². The average molecular weight is 271 g/mol. The van der Waals surface area contributed by atoms with Crippen molar-refractivity contribution in [1.82, 2.24) is 15.5 Å². The molecule has 0 bridgehead atoms. The second-order valence-corrected chi connectivity index (χ2v) is 5.56. The Labute approximate surface area is 119 Å². The lowest BCUT2D eigenvalue weighted by Crippen LogP contribution is -2.46. The van der Waals surface area contributed by atoms with Crippen LogP contribution in [0.15, 0.2) is 0 Å². The second kappa shape index (κ2) is 10.2. The van der Waals surface area contributed by atoms with E-state index in [4.69, 9.17) is 0 Å². The van der Waals surface area contributed by atoms with E-state index in [2.05, 4.69) is 50.4 Å². The van der Waals surface area contributed by atoms with Gasteiger partial charge in [0.2, 0.25) is 5.91 Å². The number of carbonyl (C=O) groups is 1. The number of hydrogen-bond acceptors (Lipinski definition) is 3. The van der Waals surface area contributed by atoms with Crippen LogP contribution in [0.2, 0.25) is 0 Å². The summed E-state index contributed by atoms with van der Waals surface area (Å²) in [5, 5.41) is 6.31. The molecule has 0 aliphatic heterocycles. The van der Waals surface area contributed by atoms with Crippen molar-refractivity contribution in [2.24, 2.45) is 11.8 Å². The van der Waals surface area contributed by atoms with Gasteiger partial charge < -0.3 is 15.5 Å². The molecule has 0 aromatic heterocycles. The zero-order valence-corrected chi connectivity index (χ0v) is 13.6. The predicted molar refractivity (Wildman–Crippen MR) is 82.3 cm³/mol. The molecule has 4 nitrogen and oxygen atoms in total. The van der Waals surface area contributed by atoms with Crippen LogP contribution < -0.4 is 10.6 Å². The fraction of sp³-hybridized carbons (Fsp3) is 0.933. The Morgan fingerprint density at radius 3 is 2.11 bits per heavy atom. The molecule has 2 N–H and O–H groups in total. The van der Waals surface area contributed by atoms with E-state index in [0.717, 1.165) is 32.5 Å². The highest BCUT2D eigenvalue weighted by Gasteiger charge is 2.22. The van der Waals surface area contributed by atoms with E-state index in [1.54, 1.807) is 0 Å². The van der Waals surface area contributed by atoms with Crippen LogP contribution in [0.3, 0.4) is 0 Å². The summed E-state index contributed by atoms with van der Waals surface area (Å²) < 4.78 is 0. The lowest BCUT2D eigenvalue weighted by molar-refractivity contribution is -0.124. The first kappa shape index (κ1) is 18.4. The molecule has 0 rings (SSSR count). The summed E-state index contributed by atoms with van der Waals surface area (Å²) in [4.78, 5) is 14.2. The molecular weight excluding hydrogens is 238 g/mol. The minimum Gasteiger partial charge on any atom is -0.354 e. The zero-order valence-electron chi connectivity index (χ0n) is 13.6. The molecule has 0 fully saturated rings. The van der Waals surface area contributed by atoms with Crippen LogP contribution in [0.5, 0.6) is 0 Å². The van der Waals surface area contributed by atoms with Gasteiger partial charge in [-0.15, -0.1) is 0 Å². The normalized spacial score (nSPS) is 14.7. The number of nitrogens with one attached hydrogen (secondary N) is 2. The Morgan fingerprint density at radius 2 is 1.68 bits per heavy atom. The van der Waals surface area contributed by atoms with Crippen molar-refractivity contribution in [3.63, 3.8) is 0 Å². The monoisotopic (exact) mass is 271 g/mol. The molecule has 2 atom stereocenters. The quantitative estimate of drug-likeness (QED) is 0.636. The van der Waals surface area contributed by atoms with Crippen molar-refractivity contribution in [2.45, 2.75) is 46.6 Å². The van der Waals surface area contributed by atoms with Gasteiger partial charge in [0.1, 0.15) is 0 Å². The Kier molecular flexibility index (Phi) is 9.88. The zero-order chi connectivity index (χ0) is 14.8. The molecule has 0 saturated carbocycles. The van der Waals surface area contributed by atoms with Gasteiger partial charge in [-0.05, 0) is 26.6 Å². The molecule has 0 aliphatic rings. The topological polar surface area (TPSA) is 44.4 Å². The molecule has 2 unspecified atom stereocenters. The van der Waals surface area contributed by atoms with Crippen molar-refractivity contribution in [1.29, 1.82) is 0 Å². The number of carbonyl (C=O) groups excluding carboxylic acids is 1. The van der Waals surface area contributed by atoms with Crippen LogP contribution in [-0.2, 0) is 4.79 Å². The fourth-order valence-corrected chi connectivity index (χ4v) is 2.44. The number of rotatable bonds is 10. The van der Waals surface area contributed by atoms with Crippen LogP contribution in [0, 0.1) is 11.8 Å². The Bertz CT molecular complexity index is 240. The third-order valence-corrected chi connectivity index (χ3v) is 3.89. The van der Waals surface area contributed by atoms with Gasteiger partial charge in [0, 0.05) is 25.0 Å². The smallest absolute Gasteiger partial charge is 0.224 e. The van der Waals surface area contributed by atoms with Gasteiger partial charge >= 0.3 is 0 Å². The van der Waals surface area contributed by atoms with Crippen molar-refractivity contribution >= 4 is 5.91 Å². The van der Waals surface area contributed by atoms with E-state index in [1.807, 2.05) is 6.92 Å². The molecule has 0 aliphatic carbocycles.